The van der Waals surface area contributed by atoms with E-state index in [2.05, 4.69) is 4.18 Å². The summed E-state index contributed by atoms with van der Waals surface area (Å²) in [6, 6.07) is 0. The second kappa shape index (κ2) is 3.12. The molecule has 10 heavy (non-hydrogen) atoms. The number of hydrogen-bond acceptors (Lipinski definition) is 3. The maximum absolute atomic E-state index is 10.8. The second-order valence-corrected chi connectivity index (χ2v) is 1.98. The minimum Gasteiger partial charge on any atom is -0.269 e. The van der Waals surface area contributed by atoms with Gasteiger partial charge in [0.1, 0.15) is 0 Å². The summed E-state index contributed by atoms with van der Waals surface area (Å²) in [6.07, 6.45) is -5.35. The molecule has 0 amide bonds. The van der Waals surface area contributed by atoms with Crippen LogP contribution in [0.1, 0.15) is 0 Å². The normalized spacial score (nSPS) is 12.4. The number of alkyl halides is 3. The Hall–Kier alpha value is -0.410. The molecule has 0 saturated heterocycles. The molecule has 9 heteroatoms. The third-order valence-corrected chi connectivity index (χ3v) is 0.599. The lowest BCUT2D eigenvalue weighted by Gasteiger charge is -2.00. The van der Waals surface area contributed by atoms with E-state index in [1.54, 1.807) is 0 Å². The Balaban J connectivity index is 0. The van der Waals surface area contributed by atoms with E-state index in [4.69, 9.17) is 4.55 Å². The molecule has 0 radical (unpaired) electrons. The molecule has 0 aromatic heterocycles. The molecule has 0 aliphatic heterocycles. The van der Waals surface area contributed by atoms with Crippen molar-refractivity contribution in [2.75, 3.05) is 0 Å². The number of rotatable bonds is 1. The molecule has 0 heterocycles. The monoisotopic (exact) mass is 186 g/mol. The number of hydrogen-bond donors (Lipinski definition) is 1. The average molecular weight is 186 g/mol. The predicted molar refractivity (Wildman–Crippen MR) is 21.2 cm³/mol. The summed E-state index contributed by atoms with van der Waals surface area (Å²) in [7, 11) is -5.41. The van der Waals surface area contributed by atoms with E-state index in [1.165, 1.54) is 0 Å². The molecule has 0 spiro atoms. The molecular formula is CH2F4O4S. The summed E-state index contributed by atoms with van der Waals surface area (Å²) >= 11 is 0. The van der Waals surface area contributed by atoms with Crippen LogP contribution in [-0.4, -0.2) is 19.3 Å². The fourth-order valence-corrected chi connectivity index (χ4v) is 0.358. The van der Waals surface area contributed by atoms with E-state index in [-0.39, 0.29) is 4.70 Å². The van der Waals surface area contributed by atoms with Crippen LogP contribution in [0.25, 0.3) is 0 Å². The van der Waals surface area contributed by atoms with Gasteiger partial charge in [-0.15, -0.1) is 17.4 Å². The minimum absolute atomic E-state index is 0. The van der Waals surface area contributed by atoms with E-state index >= 15 is 0 Å². The molecular weight excluding hydrogens is 184 g/mol. The molecule has 1 N–H and O–H groups in total. The molecule has 0 aliphatic carbocycles. The van der Waals surface area contributed by atoms with Crippen molar-refractivity contribution in [1.82, 2.24) is 0 Å². The molecule has 0 atom stereocenters. The highest BCUT2D eigenvalue weighted by Gasteiger charge is 2.35. The summed E-state index contributed by atoms with van der Waals surface area (Å²) < 4.78 is 60.4. The molecule has 0 bridgehead atoms. The lowest BCUT2D eigenvalue weighted by atomic mass is 11.4. The largest absolute Gasteiger partial charge is 0.538 e. The standard InChI is InChI=1S/CHF3O4S.FH/c2-1(3,4)8-9(5,6)7;/h(H,5,6,7);1H. The fraction of sp³-hybridized carbons (Fsp3) is 1.00. The first-order valence-corrected chi connectivity index (χ1v) is 2.82. The molecule has 64 valence electrons. The highest BCUT2D eigenvalue weighted by molar-refractivity contribution is 7.80. The van der Waals surface area contributed by atoms with Gasteiger partial charge < -0.3 is 0 Å². The first-order valence-electron chi connectivity index (χ1n) is 1.45. The molecule has 0 aromatic carbocycles. The van der Waals surface area contributed by atoms with Gasteiger partial charge in [0, 0.05) is 0 Å². The summed E-state index contributed by atoms with van der Waals surface area (Å²) in [4.78, 5) is 0. The molecule has 0 rings (SSSR count). The molecule has 0 aromatic rings. The maximum Gasteiger partial charge on any atom is 0.538 e. The molecule has 4 nitrogen and oxygen atoms in total. The van der Waals surface area contributed by atoms with Crippen molar-refractivity contribution in [2.24, 2.45) is 0 Å². The van der Waals surface area contributed by atoms with Crippen molar-refractivity contribution in [3.05, 3.63) is 0 Å². The van der Waals surface area contributed by atoms with Crippen molar-refractivity contribution < 1.29 is 35.0 Å². The van der Waals surface area contributed by atoms with Gasteiger partial charge in [0.05, 0.1) is 0 Å². The highest BCUT2D eigenvalue weighted by atomic mass is 32.3. The maximum atomic E-state index is 10.8. The smallest absolute Gasteiger partial charge is 0.269 e. The van der Waals surface area contributed by atoms with E-state index in [9.17, 15) is 21.6 Å². The van der Waals surface area contributed by atoms with Crippen LogP contribution in [0.4, 0.5) is 17.9 Å². The van der Waals surface area contributed by atoms with Gasteiger partial charge in [-0.3, -0.25) is 9.26 Å². The zero-order valence-corrected chi connectivity index (χ0v) is 4.94. The van der Waals surface area contributed by atoms with Crippen LogP contribution < -0.4 is 0 Å². The average Bonchev–Trinajstić information content (AvgIpc) is 1.14. The molecule has 0 saturated carbocycles. The Labute approximate surface area is 52.9 Å². The summed E-state index contributed by atoms with van der Waals surface area (Å²) in [5.41, 5.74) is 0. The Morgan fingerprint density at radius 3 is 1.60 bits per heavy atom. The molecule has 0 unspecified atom stereocenters. The van der Waals surface area contributed by atoms with E-state index < -0.39 is 16.8 Å². The van der Waals surface area contributed by atoms with Gasteiger partial charge in [-0.05, 0) is 0 Å². The van der Waals surface area contributed by atoms with Gasteiger partial charge in [-0.1, -0.05) is 0 Å². The Morgan fingerprint density at radius 2 is 1.60 bits per heavy atom. The van der Waals surface area contributed by atoms with Crippen LogP contribution in [-0.2, 0) is 14.6 Å². The minimum atomic E-state index is -5.41. The van der Waals surface area contributed by atoms with Crippen LogP contribution in [0.2, 0.25) is 0 Å². The first-order chi connectivity index (χ1) is 3.71. The van der Waals surface area contributed by atoms with Crippen molar-refractivity contribution >= 4 is 10.4 Å². The van der Waals surface area contributed by atoms with Gasteiger partial charge in [0.15, 0.2) is 0 Å². The van der Waals surface area contributed by atoms with Crippen molar-refractivity contribution in [3.8, 4) is 0 Å². The van der Waals surface area contributed by atoms with Crippen LogP contribution in [0.3, 0.4) is 0 Å². The lowest BCUT2D eigenvalue weighted by Crippen LogP contribution is -2.18. The van der Waals surface area contributed by atoms with Gasteiger partial charge in [-0.25, -0.2) is 0 Å². The Bertz CT molecular complexity index is 178. The van der Waals surface area contributed by atoms with Crippen LogP contribution in [0.15, 0.2) is 0 Å². The van der Waals surface area contributed by atoms with Crippen LogP contribution >= 0.6 is 0 Å². The van der Waals surface area contributed by atoms with E-state index in [0.717, 1.165) is 0 Å². The zero-order valence-electron chi connectivity index (χ0n) is 4.12. The third kappa shape index (κ3) is 10.5. The highest BCUT2D eigenvalue weighted by Crippen LogP contribution is 2.17. The zero-order chi connectivity index (χ0) is 7.71. The van der Waals surface area contributed by atoms with Gasteiger partial charge in [-0.2, -0.15) is 8.42 Å². The van der Waals surface area contributed by atoms with Crippen molar-refractivity contribution in [2.45, 2.75) is 6.36 Å². The van der Waals surface area contributed by atoms with Crippen molar-refractivity contribution in [3.63, 3.8) is 0 Å². The summed E-state index contributed by atoms with van der Waals surface area (Å²) in [6.45, 7) is 0. The van der Waals surface area contributed by atoms with Gasteiger partial charge in [0.25, 0.3) is 0 Å². The SMILES string of the molecule is F.O=S(=O)(O)OC(F)(F)F. The van der Waals surface area contributed by atoms with Crippen LogP contribution in [0, 0.1) is 0 Å². The topological polar surface area (TPSA) is 63.6 Å². The third-order valence-electron chi connectivity index (χ3n) is 0.200. The van der Waals surface area contributed by atoms with Gasteiger partial charge >= 0.3 is 16.8 Å². The number of halogens is 4. The van der Waals surface area contributed by atoms with E-state index in [1.807, 2.05) is 0 Å². The lowest BCUT2D eigenvalue weighted by molar-refractivity contribution is -0.274. The second-order valence-electron chi connectivity index (χ2n) is 0.957. The van der Waals surface area contributed by atoms with Crippen molar-refractivity contribution in [1.29, 1.82) is 0 Å². The molecule has 0 fully saturated rings. The van der Waals surface area contributed by atoms with Crippen LogP contribution in [0.5, 0.6) is 0 Å². The first kappa shape index (κ1) is 12.3. The Morgan fingerprint density at radius 1 is 1.30 bits per heavy atom. The Kier molecular flexibility index (Phi) is 3.83. The predicted octanol–water partition coefficient (Wildman–Crippen LogP) is 0.478. The fourth-order valence-electron chi connectivity index (χ4n) is 0.119. The quantitative estimate of drug-likeness (QED) is 0.477. The summed E-state index contributed by atoms with van der Waals surface area (Å²) in [5, 5.41) is 0. The van der Waals surface area contributed by atoms with Gasteiger partial charge in [0.2, 0.25) is 0 Å². The summed E-state index contributed by atoms with van der Waals surface area (Å²) in [5.74, 6) is 0. The molecule has 0 aliphatic rings. The van der Waals surface area contributed by atoms with E-state index in [0.29, 0.717) is 0 Å².